The highest BCUT2D eigenvalue weighted by Gasteiger charge is 2.14. The predicted octanol–water partition coefficient (Wildman–Crippen LogP) is 4.37. The summed E-state index contributed by atoms with van der Waals surface area (Å²) >= 11 is 1.63. The van der Waals surface area contributed by atoms with Crippen molar-refractivity contribution in [1.29, 1.82) is 0 Å². The van der Waals surface area contributed by atoms with E-state index < -0.39 is 0 Å². The van der Waals surface area contributed by atoms with Crippen LogP contribution in [-0.4, -0.2) is 14.5 Å². The first-order valence-corrected chi connectivity index (χ1v) is 9.30. The Balaban J connectivity index is 1.96. The van der Waals surface area contributed by atoms with E-state index in [9.17, 15) is 4.79 Å². The van der Waals surface area contributed by atoms with Gasteiger partial charge in [-0.3, -0.25) is 9.36 Å². The Morgan fingerprint density at radius 3 is 2.71 bits per heavy atom. The fourth-order valence-electron chi connectivity index (χ4n) is 2.63. The van der Waals surface area contributed by atoms with Gasteiger partial charge in [-0.1, -0.05) is 55.9 Å². The predicted molar refractivity (Wildman–Crippen MR) is 101 cm³/mol. The van der Waals surface area contributed by atoms with Gasteiger partial charge in [0.1, 0.15) is 5.52 Å². The lowest BCUT2D eigenvalue weighted by Gasteiger charge is -2.13. The molecule has 2 heterocycles. The lowest BCUT2D eigenvalue weighted by molar-refractivity contribution is 0.480. The lowest BCUT2D eigenvalue weighted by Crippen LogP contribution is -2.24. The molecule has 0 saturated carbocycles. The molecule has 3 aromatic rings. The zero-order chi connectivity index (χ0) is 17.1. The third kappa shape index (κ3) is 3.73. The van der Waals surface area contributed by atoms with Crippen LogP contribution in [0.1, 0.15) is 31.5 Å². The van der Waals surface area contributed by atoms with Crippen LogP contribution in [0.15, 0.2) is 46.3 Å². The maximum Gasteiger partial charge on any atom is 0.278 e. The second-order valence-electron chi connectivity index (χ2n) is 6.52. The molecule has 24 heavy (non-hydrogen) atoms. The standard InChI is InChI=1S/C19H23N3OS/c1-13(2)9-10-22-18(23)17-16(11-14(3)20-17)21-19(22)24-12-15-7-5-4-6-8-15/h4-8,11,13,20H,9-10,12H2,1-3H3. The topological polar surface area (TPSA) is 50.7 Å². The van der Waals surface area contributed by atoms with E-state index >= 15 is 0 Å². The highest BCUT2D eigenvalue weighted by Crippen LogP contribution is 2.23. The van der Waals surface area contributed by atoms with Crippen LogP contribution in [-0.2, 0) is 12.3 Å². The minimum absolute atomic E-state index is 0.0318. The van der Waals surface area contributed by atoms with Gasteiger partial charge >= 0.3 is 0 Å². The number of fused-ring (bicyclic) bond motifs is 1. The van der Waals surface area contributed by atoms with Crippen LogP contribution in [0.5, 0.6) is 0 Å². The summed E-state index contributed by atoms with van der Waals surface area (Å²) in [5.41, 5.74) is 3.60. The molecule has 0 amide bonds. The molecule has 0 radical (unpaired) electrons. The van der Waals surface area contributed by atoms with E-state index in [1.54, 1.807) is 11.8 Å². The molecule has 1 N–H and O–H groups in total. The van der Waals surface area contributed by atoms with Crippen LogP contribution in [0.25, 0.3) is 11.0 Å². The molecule has 1 aromatic carbocycles. The highest BCUT2D eigenvalue weighted by molar-refractivity contribution is 7.98. The Labute approximate surface area is 146 Å². The lowest BCUT2D eigenvalue weighted by atomic mass is 10.1. The third-order valence-electron chi connectivity index (χ3n) is 3.98. The summed E-state index contributed by atoms with van der Waals surface area (Å²) in [6.07, 6.45) is 0.964. The number of H-pyrrole nitrogens is 1. The molecule has 126 valence electrons. The van der Waals surface area contributed by atoms with E-state index in [-0.39, 0.29) is 5.56 Å². The maximum absolute atomic E-state index is 12.9. The minimum atomic E-state index is 0.0318. The normalized spacial score (nSPS) is 11.5. The van der Waals surface area contributed by atoms with Crippen molar-refractivity contribution in [1.82, 2.24) is 14.5 Å². The fourth-order valence-corrected chi connectivity index (χ4v) is 3.61. The zero-order valence-electron chi connectivity index (χ0n) is 14.4. The van der Waals surface area contributed by atoms with E-state index in [0.29, 0.717) is 18.0 Å². The smallest absolute Gasteiger partial charge is 0.278 e. The van der Waals surface area contributed by atoms with Crippen LogP contribution in [0.3, 0.4) is 0 Å². The molecular formula is C19H23N3OS. The van der Waals surface area contributed by atoms with Crippen molar-refractivity contribution in [2.75, 3.05) is 0 Å². The molecule has 0 saturated heterocycles. The minimum Gasteiger partial charge on any atom is -0.353 e. The van der Waals surface area contributed by atoms with Gasteiger partial charge in [-0.15, -0.1) is 0 Å². The second-order valence-corrected chi connectivity index (χ2v) is 7.46. The Bertz CT molecular complexity index is 881. The molecule has 2 aromatic heterocycles. The van der Waals surface area contributed by atoms with Gasteiger partial charge in [0.15, 0.2) is 5.16 Å². The molecule has 0 unspecified atom stereocenters. The molecule has 0 bridgehead atoms. The number of aryl methyl sites for hydroxylation is 1. The molecule has 0 aliphatic rings. The van der Waals surface area contributed by atoms with Crippen LogP contribution < -0.4 is 5.56 Å². The number of hydrogen-bond acceptors (Lipinski definition) is 3. The molecular weight excluding hydrogens is 318 g/mol. The number of benzene rings is 1. The van der Waals surface area contributed by atoms with Gasteiger partial charge in [0.2, 0.25) is 0 Å². The molecule has 0 aliphatic carbocycles. The summed E-state index contributed by atoms with van der Waals surface area (Å²) in [7, 11) is 0. The SMILES string of the molecule is Cc1cc2nc(SCc3ccccc3)n(CCC(C)C)c(=O)c2[nH]1. The van der Waals surface area contributed by atoms with Crippen molar-refractivity contribution in [2.45, 2.75) is 44.6 Å². The Morgan fingerprint density at radius 1 is 1.25 bits per heavy atom. The monoisotopic (exact) mass is 341 g/mol. The van der Waals surface area contributed by atoms with Gasteiger partial charge in [-0.25, -0.2) is 4.98 Å². The molecule has 0 atom stereocenters. The zero-order valence-corrected chi connectivity index (χ0v) is 15.2. The van der Waals surface area contributed by atoms with Gasteiger partial charge in [0.05, 0.1) is 5.52 Å². The van der Waals surface area contributed by atoms with Gasteiger partial charge in [-0.05, 0) is 30.9 Å². The van der Waals surface area contributed by atoms with Crippen molar-refractivity contribution in [3.63, 3.8) is 0 Å². The summed E-state index contributed by atoms with van der Waals surface area (Å²) in [6.45, 7) is 7.00. The Kier molecular flexibility index (Phi) is 5.09. The van der Waals surface area contributed by atoms with E-state index in [1.165, 1.54) is 5.56 Å². The van der Waals surface area contributed by atoms with E-state index in [2.05, 4.69) is 31.0 Å². The van der Waals surface area contributed by atoms with Crippen LogP contribution in [0.2, 0.25) is 0 Å². The Hall–Kier alpha value is -2.01. The molecule has 3 rings (SSSR count). The number of rotatable bonds is 6. The maximum atomic E-state index is 12.9. The fraction of sp³-hybridized carbons (Fsp3) is 0.368. The van der Waals surface area contributed by atoms with Gasteiger partial charge in [0.25, 0.3) is 5.56 Å². The summed E-state index contributed by atoms with van der Waals surface area (Å²) in [5, 5.41) is 0.802. The summed E-state index contributed by atoms with van der Waals surface area (Å²) in [4.78, 5) is 20.8. The summed E-state index contributed by atoms with van der Waals surface area (Å²) in [5.74, 6) is 1.36. The number of hydrogen-bond donors (Lipinski definition) is 1. The van der Waals surface area contributed by atoms with Gasteiger partial charge in [0, 0.05) is 18.0 Å². The number of aromatic nitrogens is 3. The van der Waals surface area contributed by atoms with Crippen molar-refractivity contribution < 1.29 is 0 Å². The summed E-state index contributed by atoms with van der Waals surface area (Å²) in [6, 6.07) is 12.2. The first-order valence-electron chi connectivity index (χ1n) is 8.31. The molecule has 4 nitrogen and oxygen atoms in total. The molecule has 0 spiro atoms. The van der Waals surface area contributed by atoms with Crippen LogP contribution >= 0.6 is 11.8 Å². The highest BCUT2D eigenvalue weighted by atomic mass is 32.2. The largest absolute Gasteiger partial charge is 0.353 e. The molecule has 5 heteroatoms. The van der Waals surface area contributed by atoms with Crippen molar-refractivity contribution in [2.24, 2.45) is 5.92 Å². The second kappa shape index (κ2) is 7.26. The van der Waals surface area contributed by atoms with E-state index in [0.717, 1.165) is 28.5 Å². The quantitative estimate of drug-likeness (QED) is 0.535. The number of nitrogens with zero attached hydrogens (tertiary/aromatic N) is 2. The van der Waals surface area contributed by atoms with Crippen molar-refractivity contribution in [3.8, 4) is 0 Å². The average Bonchev–Trinajstić information content (AvgIpc) is 2.93. The van der Waals surface area contributed by atoms with Crippen LogP contribution in [0.4, 0.5) is 0 Å². The first kappa shape index (κ1) is 16.8. The first-order chi connectivity index (χ1) is 11.5. The van der Waals surface area contributed by atoms with E-state index in [1.807, 2.05) is 35.8 Å². The summed E-state index contributed by atoms with van der Waals surface area (Å²) < 4.78 is 1.83. The Morgan fingerprint density at radius 2 is 2.00 bits per heavy atom. The average molecular weight is 341 g/mol. The van der Waals surface area contributed by atoms with Crippen molar-refractivity contribution in [3.05, 3.63) is 58.0 Å². The number of nitrogens with one attached hydrogen (secondary N) is 1. The van der Waals surface area contributed by atoms with Crippen molar-refractivity contribution >= 4 is 22.8 Å². The molecule has 0 aliphatic heterocycles. The number of aromatic amines is 1. The van der Waals surface area contributed by atoms with Crippen LogP contribution in [0, 0.1) is 12.8 Å². The van der Waals surface area contributed by atoms with Gasteiger partial charge < -0.3 is 4.98 Å². The molecule has 0 fully saturated rings. The third-order valence-corrected chi connectivity index (χ3v) is 5.03. The van der Waals surface area contributed by atoms with E-state index in [4.69, 9.17) is 4.98 Å². The number of thioether (sulfide) groups is 1. The van der Waals surface area contributed by atoms with Gasteiger partial charge in [-0.2, -0.15) is 0 Å².